The number of anilines is 1. The van der Waals surface area contributed by atoms with E-state index in [2.05, 4.69) is 10.6 Å². The van der Waals surface area contributed by atoms with Crippen LogP contribution in [0.15, 0.2) is 65.6 Å². The van der Waals surface area contributed by atoms with Crippen molar-refractivity contribution in [2.24, 2.45) is 17.8 Å². The highest BCUT2D eigenvalue weighted by molar-refractivity contribution is 7.92. The molecule has 0 spiro atoms. The SMILES string of the molecule is COc1cc(F)c(-c2ccc(C(=O)O)cc2)cc1C(=O)N[C@@H]1[C@H]2CC[C@H](C2)[C@@H]1C(=O)Nc1cccc(S(=O)(=O)C(F)(F)F)c1. The van der Waals surface area contributed by atoms with Crippen molar-refractivity contribution in [1.82, 2.24) is 5.32 Å². The standard InChI is InChI=1S/C30H26F4N2O7S/c1-43-24-14-23(31)21(15-5-7-16(8-6-15)29(39)40)13-22(24)27(37)36-26-18-10-9-17(11-18)25(26)28(38)35-19-3-2-4-20(12-19)44(41,42)30(32,33)34/h2-8,12-14,17-18,25-26H,9-11H2,1H3,(H,35,38)(H,36,37)(H,39,40)/t17-,18+,25+,26-/m1/s1. The number of hydrogen-bond acceptors (Lipinski definition) is 6. The minimum atomic E-state index is -5.63. The lowest BCUT2D eigenvalue weighted by atomic mass is 9.83. The number of halogens is 4. The maximum Gasteiger partial charge on any atom is 0.501 e. The van der Waals surface area contributed by atoms with E-state index < -0.39 is 55.8 Å². The number of benzene rings is 3. The number of aromatic carboxylic acids is 1. The largest absolute Gasteiger partial charge is 0.501 e. The molecule has 2 fully saturated rings. The molecule has 44 heavy (non-hydrogen) atoms. The van der Waals surface area contributed by atoms with Crippen LogP contribution in [0.2, 0.25) is 0 Å². The second-order valence-electron chi connectivity index (χ2n) is 10.7. The first-order valence-electron chi connectivity index (χ1n) is 13.5. The number of methoxy groups -OCH3 is 1. The summed E-state index contributed by atoms with van der Waals surface area (Å²) in [4.78, 5) is 37.2. The maximum absolute atomic E-state index is 15.0. The molecular weight excluding hydrogens is 608 g/mol. The van der Waals surface area contributed by atoms with Crippen LogP contribution in [0.4, 0.5) is 23.2 Å². The fraction of sp³-hybridized carbons (Fsp3) is 0.300. The third kappa shape index (κ3) is 5.73. The van der Waals surface area contributed by atoms with E-state index >= 15 is 4.39 Å². The summed E-state index contributed by atoms with van der Waals surface area (Å²) < 4.78 is 83.1. The molecule has 0 saturated heterocycles. The molecule has 0 unspecified atom stereocenters. The highest BCUT2D eigenvalue weighted by Gasteiger charge is 2.52. The Balaban J connectivity index is 1.39. The van der Waals surface area contributed by atoms with Gasteiger partial charge in [0, 0.05) is 23.4 Å². The average Bonchev–Trinajstić information content (AvgIpc) is 3.58. The van der Waals surface area contributed by atoms with Crippen molar-refractivity contribution in [2.75, 3.05) is 12.4 Å². The summed E-state index contributed by atoms with van der Waals surface area (Å²) in [6, 6.07) is 10.9. The van der Waals surface area contributed by atoms with E-state index in [9.17, 15) is 36.0 Å². The molecule has 4 atom stereocenters. The molecule has 5 rings (SSSR count). The number of carboxylic acids is 1. The fourth-order valence-electron chi connectivity index (χ4n) is 6.12. The van der Waals surface area contributed by atoms with E-state index in [0.29, 0.717) is 18.4 Å². The average molecular weight is 635 g/mol. The van der Waals surface area contributed by atoms with Crippen molar-refractivity contribution >= 4 is 33.3 Å². The Morgan fingerprint density at radius 3 is 2.30 bits per heavy atom. The van der Waals surface area contributed by atoms with Crippen LogP contribution >= 0.6 is 0 Å². The van der Waals surface area contributed by atoms with E-state index in [0.717, 1.165) is 30.7 Å². The molecule has 2 bridgehead atoms. The molecule has 14 heteroatoms. The van der Waals surface area contributed by atoms with E-state index in [1.165, 1.54) is 43.5 Å². The number of amides is 2. The Kier molecular flexibility index (Phi) is 8.14. The summed E-state index contributed by atoms with van der Waals surface area (Å²) in [5.74, 6) is -4.17. The summed E-state index contributed by atoms with van der Waals surface area (Å²) in [6.45, 7) is 0. The number of alkyl halides is 3. The molecular formula is C30H26F4N2O7S. The lowest BCUT2D eigenvalue weighted by Crippen LogP contribution is -2.48. The number of carboxylic acid groups (broad SMARTS) is 1. The van der Waals surface area contributed by atoms with Crippen molar-refractivity contribution in [3.05, 3.63) is 77.6 Å². The second-order valence-corrected chi connectivity index (χ2v) is 12.7. The van der Waals surface area contributed by atoms with Crippen molar-refractivity contribution in [2.45, 2.75) is 35.7 Å². The zero-order valence-electron chi connectivity index (χ0n) is 23.0. The number of ether oxygens (including phenoxy) is 1. The summed E-state index contributed by atoms with van der Waals surface area (Å²) in [5, 5.41) is 14.5. The van der Waals surface area contributed by atoms with Gasteiger partial charge in [-0.1, -0.05) is 18.2 Å². The van der Waals surface area contributed by atoms with Crippen molar-refractivity contribution in [1.29, 1.82) is 0 Å². The van der Waals surface area contributed by atoms with Crippen LogP contribution in [-0.2, 0) is 14.6 Å². The van der Waals surface area contributed by atoms with Gasteiger partial charge in [0.1, 0.15) is 11.6 Å². The van der Waals surface area contributed by atoms with E-state index in [-0.39, 0.29) is 40.0 Å². The van der Waals surface area contributed by atoms with Crippen LogP contribution in [0.3, 0.4) is 0 Å². The number of nitrogens with one attached hydrogen (secondary N) is 2. The summed E-state index contributed by atoms with van der Waals surface area (Å²) in [5.41, 5.74) is -5.36. The third-order valence-electron chi connectivity index (χ3n) is 8.21. The molecule has 3 aromatic rings. The van der Waals surface area contributed by atoms with Gasteiger partial charge in [0.25, 0.3) is 15.7 Å². The molecule has 3 aromatic carbocycles. The van der Waals surface area contributed by atoms with Gasteiger partial charge in [0.2, 0.25) is 5.91 Å². The van der Waals surface area contributed by atoms with Gasteiger partial charge in [0.15, 0.2) is 0 Å². The van der Waals surface area contributed by atoms with Crippen molar-refractivity contribution in [3.63, 3.8) is 0 Å². The smallest absolute Gasteiger partial charge is 0.496 e. The number of carbonyl (C=O) groups is 3. The third-order valence-corrected chi connectivity index (χ3v) is 9.69. The van der Waals surface area contributed by atoms with Gasteiger partial charge in [-0.3, -0.25) is 9.59 Å². The zero-order valence-corrected chi connectivity index (χ0v) is 23.8. The normalized spacial score (nSPS) is 21.1. The van der Waals surface area contributed by atoms with Gasteiger partial charge >= 0.3 is 11.5 Å². The first kappa shape index (κ1) is 31.0. The molecule has 3 N–H and O–H groups in total. The predicted octanol–water partition coefficient (Wildman–Crippen LogP) is 5.28. The minimum absolute atomic E-state index is 0.00468. The number of hydrogen-bond donors (Lipinski definition) is 3. The highest BCUT2D eigenvalue weighted by atomic mass is 32.2. The van der Waals surface area contributed by atoms with Gasteiger partial charge in [-0.05, 0) is 73.1 Å². The number of rotatable bonds is 8. The number of sulfone groups is 1. The van der Waals surface area contributed by atoms with Crippen LogP contribution in [0.5, 0.6) is 5.75 Å². The van der Waals surface area contributed by atoms with Crippen molar-refractivity contribution in [3.8, 4) is 16.9 Å². The molecule has 2 saturated carbocycles. The van der Waals surface area contributed by atoms with Crippen LogP contribution < -0.4 is 15.4 Å². The molecule has 0 heterocycles. The molecule has 0 aliphatic heterocycles. The van der Waals surface area contributed by atoms with Gasteiger partial charge in [0.05, 0.1) is 29.1 Å². The Hall–Kier alpha value is -4.46. The minimum Gasteiger partial charge on any atom is -0.496 e. The van der Waals surface area contributed by atoms with E-state index in [1.807, 2.05) is 0 Å². The molecule has 0 radical (unpaired) electrons. The molecule has 2 aliphatic carbocycles. The van der Waals surface area contributed by atoms with E-state index in [1.54, 1.807) is 0 Å². The monoisotopic (exact) mass is 634 g/mol. The Bertz CT molecular complexity index is 1740. The van der Waals surface area contributed by atoms with Crippen LogP contribution in [-0.4, -0.2) is 50.0 Å². The first-order chi connectivity index (χ1) is 20.7. The van der Waals surface area contributed by atoms with Gasteiger partial charge < -0.3 is 20.5 Å². The summed E-state index contributed by atoms with van der Waals surface area (Å²) in [7, 11) is -4.37. The summed E-state index contributed by atoms with van der Waals surface area (Å²) >= 11 is 0. The van der Waals surface area contributed by atoms with Crippen molar-refractivity contribution < 1.29 is 50.2 Å². The number of carbonyl (C=O) groups excluding carboxylic acids is 2. The van der Waals surface area contributed by atoms with E-state index in [4.69, 9.17) is 9.84 Å². The maximum atomic E-state index is 15.0. The quantitative estimate of drug-likeness (QED) is 0.287. The van der Waals surface area contributed by atoms with Gasteiger partial charge in [-0.15, -0.1) is 0 Å². The molecule has 2 aliphatic rings. The Morgan fingerprint density at radius 2 is 1.66 bits per heavy atom. The van der Waals surface area contributed by atoms with Gasteiger partial charge in [-0.2, -0.15) is 13.2 Å². The number of fused-ring (bicyclic) bond motifs is 2. The molecule has 9 nitrogen and oxygen atoms in total. The lowest BCUT2D eigenvalue weighted by molar-refractivity contribution is -0.122. The Morgan fingerprint density at radius 1 is 0.977 bits per heavy atom. The fourth-order valence-corrected chi connectivity index (χ4v) is 6.93. The predicted molar refractivity (Wildman–Crippen MR) is 149 cm³/mol. The van der Waals surface area contributed by atoms with Crippen LogP contribution in [0.1, 0.15) is 40.0 Å². The van der Waals surface area contributed by atoms with Gasteiger partial charge in [-0.25, -0.2) is 17.6 Å². The zero-order chi connectivity index (χ0) is 32.0. The first-order valence-corrected chi connectivity index (χ1v) is 14.9. The molecule has 0 aromatic heterocycles. The van der Waals surface area contributed by atoms with Crippen LogP contribution in [0, 0.1) is 23.6 Å². The second kappa shape index (κ2) is 11.6. The molecule has 2 amide bonds. The highest BCUT2D eigenvalue weighted by Crippen LogP contribution is 2.49. The topological polar surface area (TPSA) is 139 Å². The Labute approximate surface area is 249 Å². The lowest BCUT2D eigenvalue weighted by Gasteiger charge is -2.31. The van der Waals surface area contributed by atoms with Crippen LogP contribution in [0.25, 0.3) is 11.1 Å². The molecule has 232 valence electrons. The summed E-state index contributed by atoms with van der Waals surface area (Å²) in [6.07, 6.45) is 2.03.